The number of ether oxygens (including phenoxy) is 1. The molecule has 0 radical (unpaired) electrons. The number of hydrogen-bond acceptors (Lipinski definition) is 4. The molecular formula is C18H26N2O4S. The van der Waals surface area contributed by atoms with Crippen molar-refractivity contribution in [1.82, 2.24) is 9.62 Å². The van der Waals surface area contributed by atoms with Gasteiger partial charge in [0.05, 0.1) is 18.1 Å². The van der Waals surface area contributed by atoms with Crippen molar-refractivity contribution in [2.75, 3.05) is 26.3 Å². The van der Waals surface area contributed by atoms with Crippen LogP contribution >= 0.6 is 0 Å². The van der Waals surface area contributed by atoms with Crippen LogP contribution in [0.25, 0.3) is 6.08 Å². The average molecular weight is 366 g/mol. The fourth-order valence-corrected chi connectivity index (χ4v) is 3.71. The minimum Gasteiger partial charge on any atom is -0.379 e. The van der Waals surface area contributed by atoms with Gasteiger partial charge in [0.2, 0.25) is 15.9 Å². The molecule has 138 valence electrons. The highest BCUT2D eigenvalue weighted by atomic mass is 32.2. The molecule has 2 rings (SSSR count). The van der Waals surface area contributed by atoms with E-state index in [9.17, 15) is 13.2 Å². The first-order valence-electron chi connectivity index (χ1n) is 8.47. The lowest BCUT2D eigenvalue weighted by Gasteiger charge is -2.26. The number of carbonyl (C=O) groups is 1. The lowest BCUT2D eigenvalue weighted by molar-refractivity contribution is -0.117. The van der Waals surface area contributed by atoms with Gasteiger partial charge in [-0.3, -0.25) is 4.79 Å². The Labute approximate surface area is 149 Å². The van der Waals surface area contributed by atoms with Gasteiger partial charge in [-0.15, -0.1) is 0 Å². The van der Waals surface area contributed by atoms with E-state index >= 15 is 0 Å². The molecule has 0 spiro atoms. The van der Waals surface area contributed by atoms with Crippen LogP contribution in [0.2, 0.25) is 0 Å². The van der Waals surface area contributed by atoms with Crippen LogP contribution in [0, 0.1) is 5.92 Å². The number of nitrogens with one attached hydrogen (secondary N) is 1. The Morgan fingerprint density at radius 3 is 2.32 bits per heavy atom. The molecule has 1 atom stereocenters. The Balaban J connectivity index is 2.02. The fourth-order valence-electron chi connectivity index (χ4n) is 2.30. The van der Waals surface area contributed by atoms with E-state index < -0.39 is 10.0 Å². The van der Waals surface area contributed by atoms with Gasteiger partial charge in [-0.05, 0) is 36.6 Å². The summed E-state index contributed by atoms with van der Waals surface area (Å²) in [5.74, 6) is 0.202. The molecular weight excluding hydrogens is 340 g/mol. The molecule has 1 saturated heterocycles. The molecule has 1 aromatic rings. The van der Waals surface area contributed by atoms with Crippen LogP contribution < -0.4 is 5.32 Å². The zero-order chi connectivity index (χ0) is 18.4. The molecule has 7 heteroatoms. The van der Waals surface area contributed by atoms with Gasteiger partial charge < -0.3 is 10.1 Å². The number of hydrogen-bond donors (Lipinski definition) is 1. The first-order chi connectivity index (χ1) is 11.8. The van der Waals surface area contributed by atoms with Crippen molar-refractivity contribution < 1.29 is 17.9 Å². The largest absolute Gasteiger partial charge is 0.379 e. The van der Waals surface area contributed by atoms with Crippen molar-refractivity contribution in [2.45, 2.75) is 31.7 Å². The van der Waals surface area contributed by atoms with Crippen LogP contribution in [0.15, 0.2) is 35.2 Å². The van der Waals surface area contributed by atoms with Gasteiger partial charge in [0.15, 0.2) is 0 Å². The summed E-state index contributed by atoms with van der Waals surface area (Å²) in [6.07, 6.45) is 3.14. The van der Waals surface area contributed by atoms with Crippen LogP contribution in [0.4, 0.5) is 0 Å². The Kier molecular flexibility index (Phi) is 6.75. The molecule has 6 nitrogen and oxygen atoms in total. The predicted molar refractivity (Wildman–Crippen MR) is 97.5 cm³/mol. The van der Waals surface area contributed by atoms with Gasteiger partial charge in [-0.1, -0.05) is 26.0 Å². The highest BCUT2D eigenvalue weighted by Gasteiger charge is 2.25. The molecule has 1 N–H and O–H groups in total. The van der Waals surface area contributed by atoms with Crippen molar-refractivity contribution in [1.29, 1.82) is 0 Å². The Morgan fingerprint density at radius 2 is 1.76 bits per heavy atom. The quantitative estimate of drug-likeness (QED) is 0.780. The molecule has 1 heterocycles. The number of amides is 1. The molecule has 1 aliphatic heterocycles. The second-order valence-electron chi connectivity index (χ2n) is 6.46. The van der Waals surface area contributed by atoms with Gasteiger partial charge in [-0.2, -0.15) is 4.31 Å². The summed E-state index contributed by atoms with van der Waals surface area (Å²) in [6, 6.07) is 6.63. The first-order valence-corrected chi connectivity index (χ1v) is 9.91. The minimum atomic E-state index is -3.49. The Morgan fingerprint density at radius 1 is 1.16 bits per heavy atom. The number of carbonyl (C=O) groups excluding carboxylic acids is 1. The summed E-state index contributed by atoms with van der Waals surface area (Å²) in [5, 5.41) is 2.89. The lowest BCUT2D eigenvalue weighted by atomic mass is 10.1. The smallest absolute Gasteiger partial charge is 0.244 e. The SMILES string of the molecule is CC(C)C(C)NC(=O)/C=C/c1ccc(S(=O)(=O)N2CCOCC2)cc1. The van der Waals surface area contributed by atoms with E-state index in [1.54, 1.807) is 30.3 Å². The Hall–Kier alpha value is -1.70. The van der Waals surface area contributed by atoms with Crippen molar-refractivity contribution >= 4 is 22.0 Å². The molecule has 0 saturated carbocycles. The second-order valence-corrected chi connectivity index (χ2v) is 8.40. The molecule has 1 fully saturated rings. The van der Waals surface area contributed by atoms with Crippen LogP contribution in [0.1, 0.15) is 26.3 Å². The number of nitrogens with zero attached hydrogens (tertiary/aromatic N) is 1. The van der Waals surface area contributed by atoms with Gasteiger partial charge >= 0.3 is 0 Å². The molecule has 1 aromatic carbocycles. The minimum absolute atomic E-state index is 0.0955. The number of morpholine rings is 1. The molecule has 1 unspecified atom stereocenters. The normalized spacial score (nSPS) is 17.8. The number of rotatable bonds is 6. The van der Waals surface area contributed by atoms with Crippen molar-refractivity contribution in [3.63, 3.8) is 0 Å². The second kappa shape index (κ2) is 8.60. The highest BCUT2D eigenvalue weighted by Crippen LogP contribution is 2.18. The third-order valence-electron chi connectivity index (χ3n) is 4.29. The van der Waals surface area contributed by atoms with Crippen LogP contribution in [-0.4, -0.2) is 51.0 Å². The van der Waals surface area contributed by atoms with E-state index in [1.807, 2.05) is 20.8 Å². The molecule has 25 heavy (non-hydrogen) atoms. The van der Waals surface area contributed by atoms with E-state index in [0.29, 0.717) is 32.2 Å². The number of sulfonamides is 1. The van der Waals surface area contributed by atoms with E-state index in [0.717, 1.165) is 5.56 Å². The standard InChI is InChI=1S/C18H26N2O4S/c1-14(2)15(3)19-18(21)9-6-16-4-7-17(8-5-16)25(22,23)20-10-12-24-13-11-20/h4-9,14-15H,10-13H2,1-3H3,(H,19,21)/b9-6+. The molecule has 1 amide bonds. The van der Waals surface area contributed by atoms with Gasteiger partial charge in [0.1, 0.15) is 0 Å². The lowest BCUT2D eigenvalue weighted by Crippen LogP contribution is -2.40. The van der Waals surface area contributed by atoms with Gasteiger partial charge in [-0.25, -0.2) is 8.42 Å². The van der Waals surface area contributed by atoms with Crippen molar-refractivity contribution in [2.24, 2.45) is 5.92 Å². The highest BCUT2D eigenvalue weighted by molar-refractivity contribution is 7.89. The van der Waals surface area contributed by atoms with Crippen LogP contribution in [-0.2, 0) is 19.6 Å². The summed E-state index contributed by atoms with van der Waals surface area (Å²) in [4.78, 5) is 12.1. The van der Waals surface area contributed by atoms with E-state index in [4.69, 9.17) is 4.74 Å². The summed E-state index contributed by atoms with van der Waals surface area (Å²) in [6.45, 7) is 7.64. The molecule has 0 aromatic heterocycles. The summed E-state index contributed by atoms with van der Waals surface area (Å²) in [7, 11) is -3.49. The monoisotopic (exact) mass is 366 g/mol. The van der Waals surface area contributed by atoms with Gasteiger partial charge in [0, 0.05) is 25.2 Å². The zero-order valence-corrected chi connectivity index (χ0v) is 15.8. The maximum absolute atomic E-state index is 12.5. The van der Waals surface area contributed by atoms with E-state index in [-0.39, 0.29) is 16.8 Å². The summed E-state index contributed by atoms with van der Waals surface area (Å²) in [5.41, 5.74) is 0.772. The maximum atomic E-state index is 12.5. The molecule has 0 aliphatic carbocycles. The van der Waals surface area contributed by atoms with Crippen molar-refractivity contribution in [3.8, 4) is 0 Å². The van der Waals surface area contributed by atoms with E-state index in [1.165, 1.54) is 10.4 Å². The molecule has 0 bridgehead atoms. The maximum Gasteiger partial charge on any atom is 0.244 e. The van der Waals surface area contributed by atoms with Gasteiger partial charge in [0.25, 0.3) is 0 Å². The third kappa shape index (κ3) is 5.39. The topological polar surface area (TPSA) is 75.7 Å². The average Bonchev–Trinajstić information content (AvgIpc) is 2.61. The van der Waals surface area contributed by atoms with Crippen LogP contribution in [0.5, 0.6) is 0 Å². The van der Waals surface area contributed by atoms with E-state index in [2.05, 4.69) is 5.32 Å². The molecule has 1 aliphatic rings. The van der Waals surface area contributed by atoms with Crippen LogP contribution in [0.3, 0.4) is 0 Å². The summed E-state index contributed by atoms with van der Waals surface area (Å²) >= 11 is 0. The fraction of sp³-hybridized carbons (Fsp3) is 0.500. The zero-order valence-electron chi connectivity index (χ0n) is 14.9. The first kappa shape index (κ1) is 19.6. The summed E-state index contributed by atoms with van der Waals surface area (Å²) < 4.78 is 31.7. The Bertz CT molecular complexity index is 705. The third-order valence-corrected chi connectivity index (χ3v) is 6.20. The predicted octanol–water partition coefficient (Wildman–Crippen LogP) is 1.88. The number of benzene rings is 1. The van der Waals surface area contributed by atoms with Crippen molar-refractivity contribution in [3.05, 3.63) is 35.9 Å².